The Labute approximate surface area is 99.3 Å². The summed E-state index contributed by atoms with van der Waals surface area (Å²) in [5, 5.41) is 12.8. The van der Waals surface area contributed by atoms with Crippen molar-refractivity contribution in [1.29, 1.82) is 0 Å². The number of hydrogen-bond donors (Lipinski definition) is 4. The van der Waals surface area contributed by atoms with Crippen molar-refractivity contribution in [2.24, 2.45) is 5.92 Å². The Hall–Kier alpha value is -1.56. The summed E-state index contributed by atoms with van der Waals surface area (Å²) >= 11 is 0. The van der Waals surface area contributed by atoms with E-state index in [1.54, 1.807) is 0 Å². The molecule has 2 atom stereocenters. The lowest BCUT2D eigenvalue weighted by atomic mass is 9.86. The first-order valence-electron chi connectivity index (χ1n) is 5.93. The van der Waals surface area contributed by atoms with Crippen LogP contribution in [0.4, 0.5) is 11.5 Å². The number of nitrogens with one attached hydrogen (secondary N) is 2. The lowest BCUT2D eigenvalue weighted by molar-refractivity contribution is 0.0763. The monoisotopic (exact) mass is 238 g/mol. The summed E-state index contributed by atoms with van der Waals surface area (Å²) in [7, 11) is 0. The summed E-state index contributed by atoms with van der Waals surface area (Å²) in [6.07, 6.45) is 5.13. The van der Waals surface area contributed by atoms with E-state index in [2.05, 4.69) is 15.3 Å². The summed E-state index contributed by atoms with van der Waals surface area (Å²) < 4.78 is 0. The number of aliphatic hydroxyl groups is 1. The fraction of sp³-hybridized carbons (Fsp3) is 0.636. The molecule has 0 spiro atoms. The van der Waals surface area contributed by atoms with Gasteiger partial charge in [0.05, 0.1) is 12.4 Å². The smallest absolute Gasteiger partial charge is 0.276 e. The average molecular weight is 238 g/mol. The van der Waals surface area contributed by atoms with Gasteiger partial charge >= 0.3 is 0 Å². The Morgan fingerprint density at radius 2 is 2.29 bits per heavy atom. The molecule has 1 aromatic heterocycles. The number of aromatic nitrogens is 2. The number of aromatic amines is 1. The fourth-order valence-corrected chi connectivity index (χ4v) is 2.21. The molecule has 1 aromatic rings. The van der Waals surface area contributed by atoms with E-state index in [0.29, 0.717) is 12.4 Å². The molecule has 0 aromatic carbocycles. The molecule has 0 saturated heterocycles. The van der Waals surface area contributed by atoms with E-state index >= 15 is 0 Å². The molecule has 17 heavy (non-hydrogen) atoms. The maximum Gasteiger partial charge on any atom is 0.276 e. The molecule has 5 N–H and O–H groups in total. The average Bonchev–Trinajstić information content (AvgIpc) is 2.33. The maximum atomic E-state index is 11.2. The van der Waals surface area contributed by atoms with Crippen LogP contribution in [0.3, 0.4) is 0 Å². The van der Waals surface area contributed by atoms with Crippen molar-refractivity contribution < 1.29 is 5.11 Å². The number of hydrogen-bond acceptors (Lipinski definition) is 5. The maximum absolute atomic E-state index is 11.2. The van der Waals surface area contributed by atoms with Gasteiger partial charge in [-0.2, -0.15) is 0 Å². The van der Waals surface area contributed by atoms with Gasteiger partial charge in [-0.15, -0.1) is 0 Å². The second-order valence-corrected chi connectivity index (χ2v) is 4.49. The number of H-pyrrole nitrogens is 1. The molecule has 6 heteroatoms. The quantitative estimate of drug-likeness (QED) is 0.607. The minimum absolute atomic E-state index is 0.0952. The van der Waals surface area contributed by atoms with Gasteiger partial charge in [0.25, 0.3) is 5.56 Å². The van der Waals surface area contributed by atoms with Crippen molar-refractivity contribution in [2.45, 2.75) is 31.8 Å². The van der Waals surface area contributed by atoms with Crippen LogP contribution in [-0.4, -0.2) is 27.7 Å². The molecule has 94 valence electrons. The number of nitrogen functional groups attached to an aromatic ring is 1. The van der Waals surface area contributed by atoms with Gasteiger partial charge < -0.3 is 21.1 Å². The molecule has 1 fully saturated rings. The van der Waals surface area contributed by atoms with Crippen LogP contribution in [-0.2, 0) is 0 Å². The van der Waals surface area contributed by atoms with Crippen LogP contribution in [0, 0.1) is 5.92 Å². The molecule has 2 rings (SSSR count). The molecule has 0 aliphatic heterocycles. The molecule has 1 aliphatic carbocycles. The predicted molar refractivity (Wildman–Crippen MR) is 65.7 cm³/mol. The first-order valence-corrected chi connectivity index (χ1v) is 5.93. The molecule has 1 aliphatic rings. The highest BCUT2D eigenvalue weighted by molar-refractivity contribution is 5.58. The SMILES string of the molecule is Nc1c(NCC2CCCCC2O)nc[nH]c1=O. The van der Waals surface area contributed by atoms with Gasteiger partial charge in [-0.25, -0.2) is 4.98 Å². The van der Waals surface area contributed by atoms with E-state index in [9.17, 15) is 9.90 Å². The standard InChI is InChI=1S/C11H18N4O2/c12-9-10(14-6-15-11(9)17)13-5-7-3-1-2-4-8(7)16/h6-8,16H,1-5,12H2,(H2,13,14,15,17). The number of aliphatic hydroxyl groups excluding tert-OH is 1. The molecule has 0 amide bonds. The number of nitrogens with zero attached hydrogens (tertiary/aromatic N) is 1. The van der Waals surface area contributed by atoms with E-state index in [1.165, 1.54) is 6.33 Å². The van der Waals surface area contributed by atoms with E-state index in [1.807, 2.05) is 0 Å². The van der Waals surface area contributed by atoms with E-state index in [0.717, 1.165) is 25.7 Å². The van der Waals surface area contributed by atoms with Crippen molar-refractivity contribution >= 4 is 11.5 Å². The lowest BCUT2D eigenvalue weighted by Gasteiger charge is -2.27. The number of rotatable bonds is 3. The number of anilines is 2. The van der Waals surface area contributed by atoms with E-state index in [-0.39, 0.29) is 23.3 Å². The first-order chi connectivity index (χ1) is 8.18. The van der Waals surface area contributed by atoms with Crippen LogP contribution in [0.1, 0.15) is 25.7 Å². The van der Waals surface area contributed by atoms with Crippen LogP contribution in [0.15, 0.2) is 11.1 Å². The Kier molecular flexibility index (Phi) is 3.63. The van der Waals surface area contributed by atoms with Crippen molar-refractivity contribution in [3.63, 3.8) is 0 Å². The van der Waals surface area contributed by atoms with Crippen molar-refractivity contribution in [3.05, 3.63) is 16.7 Å². The van der Waals surface area contributed by atoms with Gasteiger partial charge in [-0.3, -0.25) is 4.79 Å². The summed E-state index contributed by atoms with van der Waals surface area (Å²) in [5.74, 6) is 0.607. The highest BCUT2D eigenvalue weighted by atomic mass is 16.3. The van der Waals surface area contributed by atoms with Gasteiger partial charge in [-0.1, -0.05) is 12.8 Å². The Balaban J connectivity index is 1.97. The summed E-state index contributed by atoms with van der Waals surface area (Å²) in [5.41, 5.74) is 5.36. The van der Waals surface area contributed by atoms with Crippen LogP contribution < -0.4 is 16.6 Å². The van der Waals surface area contributed by atoms with E-state index in [4.69, 9.17) is 5.73 Å². The molecule has 1 heterocycles. The first kappa shape index (κ1) is 11.9. The zero-order chi connectivity index (χ0) is 12.3. The molecule has 1 saturated carbocycles. The normalized spacial score (nSPS) is 24.5. The Morgan fingerprint density at radius 3 is 3.06 bits per heavy atom. The molecular formula is C11H18N4O2. The molecule has 2 unspecified atom stereocenters. The third-order valence-corrected chi connectivity index (χ3v) is 3.29. The van der Waals surface area contributed by atoms with Gasteiger partial charge in [0.1, 0.15) is 5.69 Å². The predicted octanol–water partition coefficient (Wildman–Crippen LogP) is 0.315. The summed E-state index contributed by atoms with van der Waals surface area (Å²) in [6.45, 7) is 0.599. The zero-order valence-corrected chi connectivity index (χ0v) is 9.65. The lowest BCUT2D eigenvalue weighted by Crippen LogP contribution is -2.31. The highest BCUT2D eigenvalue weighted by Crippen LogP contribution is 2.24. The number of nitrogens with two attached hydrogens (primary N) is 1. The van der Waals surface area contributed by atoms with E-state index < -0.39 is 0 Å². The molecule has 6 nitrogen and oxygen atoms in total. The highest BCUT2D eigenvalue weighted by Gasteiger charge is 2.22. The summed E-state index contributed by atoms with van der Waals surface area (Å²) in [4.78, 5) is 17.6. The Bertz CT molecular complexity index is 432. The third kappa shape index (κ3) is 2.76. The largest absolute Gasteiger partial charge is 0.393 e. The van der Waals surface area contributed by atoms with Gasteiger partial charge in [0, 0.05) is 12.5 Å². The van der Waals surface area contributed by atoms with Gasteiger partial charge in [-0.05, 0) is 12.8 Å². The molecule has 0 radical (unpaired) electrons. The topological polar surface area (TPSA) is 104 Å². The molecular weight excluding hydrogens is 220 g/mol. The van der Waals surface area contributed by atoms with Crippen molar-refractivity contribution in [1.82, 2.24) is 9.97 Å². The third-order valence-electron chi connectivity index (χ3n) is 3.29. The molecule has 0 bridgehead atoms. The minimum Gasteiger partial charge on any atom is -0.393 e. The van der Waals surface area contributed by atoms with Gasteiger partial charge in [0.2, 0.25) is 0 Å². The second kappa shape index (κ2) is 5.18. The van der Waals surface area contributed by atoms with Crippen LogP contribution in [0.2, 0.25) is 0 Å². The Morgan fingerprint density at radius 1 is 1.53 bits per heavy atom. The summed E-state index contributed by atoms with van der Waals surface area (Å²) in [6, 6.07) is 0. The van der Waals surface area contributed by atoms with Gasteiger partial charge in [0.15, 0.2) is 5.82 Å². The zero-order valence-electron chi connectivity index (χ0n) is 9.65. The van der Waals surface area contributed by atoms with Crippen LogP contribution >= 0.6 is 0 Å². The second-order valence-electron chi connectivity index (χ2n) is 4.49. The van der Waals surface area contributed by atoms with Crippen LogP contribution in [0.5, 0.6) is 0 Å². The van der Waals surface area contributed by atoms with Crippen molar-refractivity contribution in [3.8, 4) is 0 Å². The van der Waals surface area contributed by atoms with Crippen LogP contribution in [0.25, 0.3) is 0 Å². The van der Waals surface area contributed by atoms with Crippen molar-refractivity contribution in [2.75, 3.05) is 17.6 Å². The minimum atomic E-state index is -0.341. The fourth-order valence-electron chi connectivity index (χ4n) is 2.21.